The van der Waals surface area contributed by atoms with Crippen molar-refractivity contribution in [3.05, 3.63) is 0 Å². The Morgan fingerprint density at radius 3 is 1.90 bits per heavy atom. The van der Waals surface area contributed by atoms with Crippen LogP contribution in [0.4, 0.5) is 0 Å². The fraction of sp³-hybridized carbons (Fsp3) is 0.967. The molecule has 0 bridgehead atoms. The molecule has 232 valence electrons. The van der Waals surface area contributed by atoms with Crippen LogP contribution in [0.3, 0.4) is 0 Å². The van der Waals surface area contributed by atoms with Crippen LogP contribution in [0.1, 0.15) is 94.9 Å². The molecule has 6 nitrogen and oxygen atoms in total. The maximum atomic E-state index is 11.5. The Morgan fingerprint density at radius 2 is 1.46 bits per heavy atom. The summed E-state index contributed by atoms with van der Waals surface area (Å²) in [6.45, 7) is 32.3. The second kappa shape index (κ2) is 14.4. The standard InChI is InChI=1S/C30H64O6Si3/c1-15-39(16-2,17-3)36-26-21-24(34-28(26)23(4)20-27(31)32)18-19-25(35-38(13,14)30(8,9)10)22-33-37(11,12)29(5,6)7/h23-26,28H,15-22H2,1-14H3,(H,31,32)/t23-,24?,25?,26-,28?/m0/s1. The summed E-state index contributed by atoms with van der Waals surface area (Å²) in [5.41, 5.74) is 0. The average molecular weight is 605 g/mol. The minimum atomic E-state index is -1.99. The van der Waals surface area contributed by atoms with Gasteiger partial charge in [0.15, 0.2) is 25.0 Å². The molecule has 1 heterocycles. The van der Waals surface area contributed by atoms with Gasteiger partial charge in [-0.1, -0.05) is 69.2 Å². The zero-order valence-corrected chi connectivity index (χ0v) is 31.0. The van der Waals surface area contributed by atoms with Crippen molar-refractivity contribution in [2.45, 2.75) is 174 Å². The molecule has 1 aliphatic heterocycles. The summed E-state index contributed by atoms with van der Waals surface area (Å²) in [6, 6.07) is 3.23. The van der Waals surface area contributed by atoms with E-state index in [1.54, 1.807) is 0 Å². The topological polar surface area (TPSA) is 74.2 Å². The maximum Gasteiger partial charge on any atom is 0.303 e. The van der Waals surface area contributed by atoms with E-state index in [2.05, 4.69) is 88.5 Å². The highest BCUT2D eigenvalue weighted by atomic mass is 28.4. The number of carboxylic acids is 1. The minimum absolute atomic E-state index is 0.0221. The van der Waals surface area contributed by atoms with Crippen molar-refractivity contribution in [2.24, 2.45) is 5.92 Å². The fourth-order valence-corrected chi connectivity index (χ4v) is 10.2. The van der Waals surface area contributed by atoms with Crippen LogP contribution in [-0.4, -0.2) is 67.1 Å². The molecule has 1 N–H and O–H groups in total. The van der Waals surface area contributed by atoms with Crippen LogP contribution >= 0.6 is 0 Å². The molecule has 0 spiro atoms. The summed E-state index contributed by atoms with van der Waals surface area (Å²) < 4.78 is 27.2. The number of carbonyl (C=O) groups is 1. The van der Waals surface area contributed by atoms with Gasteiger partial charge in [-0.25, -0.2) is 0 Å². The van der Waals surface area contributed by atoms with E-state index >= 15 is 0 Å². The molecule has 5 atom stereocenters. The third kappa shape index (κ3) is 10.6. The van der Waals surface area contributed by atoms with Gasteiger partial charge in [0, 0.05) is 6.42 Å². The van der Waals surface area contributed by atoms with E-state index in [-0.39, 0.29) is 46.8 Å². The van der Waals surface area contributed by atoms with E-state index in [1.807, 2.05) is 6.92 Å². The van der Waals surface area contributed by atoms with E-state index in [0.717, 1.165) is 37.4 Å². The van der Waals surface area contributed by atoms with Gasteiger partial charge in [0.25, 0.3) is 0 Å². The van der Waals surface area contributed by atoms with Gasteiger partial charge in [-0.05, 0) is 73.2 Å². The third-order valence-electron chi connectivity index (χ3n) is 10.1. The molecule has 9 heteroatoms. The molecule has 0 aromatic rings. The van der Waals surface area contributed by atoms with Crippen LogP contribution in [-0.2, 0) is 22.8 Å². The van der Waals surface area contributed by atoms with Gasteiger partial charge in [-0.3, -0.25) is 4.79 Å². The monoisotopic (exact) mass is 604 g/mol. The molecule has 0 aromatic heterocycles. The first kappa shape index (κ1) is 37.0. The van der Waals surface area contributed by atoms with Crippen LogP contribution in [0.5, 0.6) is 0 Å². The van der Waals surface area contributed by atoms with Crippen molar-refractivity contribution in [3.8, 4) is 0 Å². The van der Waals surface area contributed by atoms with Crippen molar-refractivity contribution in [1.82, 2.24) is 0 Å². The lowest BCUT2D eigenvalue weighted by atomic mass is 9.96. The molecule has 1 fully saturated rings. The van der Waals surface area contributed by atoms with Gasteiger partial charge >= 0.3 is 5.97 Å². The number of aliphatic carboxylic acids is 1. The summed E-state index contributed by atoms with van der Waals surface area (Å²) in [7, 11) is -5.75. The summed E-state index contributed by atoms with van der Waals surface area (Å²) in [6.07, 6.45) is 2.55. The molecule has 1 rings (SSSR count). The Labute approximate surface area is 244 Å². The molecular formula is C30H64O6Si3. The quantitative estimate of drug-likeness (QED) is 0.177. The average Bonchev–Trinajstić information content (AvgIpc) is 3.20. The highest BCUT2D eigenvalue weighted by Gasteiger charge is 2.45. The van der Waals surface area contributed by atoms with Gasteiger partial charge in [-0.15, -0.1) is 0 Å². The zero-order valence-electron chi connectivity index (χ0n) is 28.0. The zero-order chi connectivity index (χ0) is 30.4. The predicted octanol–water partition coefficient (Wildman–Crippen LogP) is 8.84. The van der Waals surface area contributed by atoms with E-state index in [0.29, 0.717) is 6.61 Å². The van der Waals surface area contributed by atoms with Gasteiger partial charge in [0.1, 0.15) is 0 Å². The predicted molar refractivity (Wildman–Crippen MR) is 171 cm³/mol. The number of ether oxygens (including phenoxy) is 1. The van der Waals surface area contributed by atoms with Crippen LogP contribution in [0, 0.1) is 5.92 Å². The van der Waals surface area contributed by atoms with Crippen molar-refractivity contribution in [3.63, 3.8) is 0 Å². The number of carboxylic acid groups (broad SMARTS) is 1. The van der Waals surface area contributed by atoms with Gasteiger partial charge in [0.05, 0.1) is 37.4 Å². The van der Waals surface area contributed by atoms with E-state index in [1.165, 1.54) is 0 Å². The van der Waals surface area contributed by atoms with E-state index < -0.39 is 30.9 Å². The Bertz CT molecular complexity index is 747. The second-order valence-corrected chi connectivity index (χ2v) is 29.4. The third-order valence-corrected chi connectivity index (χ3v) is 23.8. The number of rotatable bonds is 16. The van der Waals surface area contributed by atoms with Gasteiger partial charge < -0.3 is 23.1 Å². The van der Waals surface area contributed by atoms with Crippen LogP contribution in [0.25, 0.3) is 0 Å². The Hall–Kier alpha value is -0.0394. The molecule has 3 unspecified atom stereocenters. The van der Waals surface area contributed by atoms with Gasteiger partial charge in [-0.2, -0.15) is 0 Å². The van der Waals surface area contributed by atoms with Crippen LogP contribution in [0.15, 0.2) is 0 Å². The summed E-state index contributed by atoms with van der Waals surface area (Å²) in [5.74, 6) is -0.861. The molecular weight excluding hydrogens is 541 g/mol. The van der Waals surface area contributed by atoms with Crippen molar-refractivity contribution in [1.29, 1.82) is 0 Å². The van der Waals surface area contributed by atoms with E-state index in [9.17, 15) is 9.90 Å². The molecule has 0 radical (unpaired) electrons. The molecule has 0 aliphatic carbocycles. The van der Waals surface area contributed by atoms with Crippen molar-refractivity contribution >= 4 is 30.9 Å². The Morgan fingerprint density at radius 1 is 0.949 bits per heavy atom. The summed E-state index contributed by atoms with van der Waals surface area (Å²) >= 11 is 0. The molecule has 0 saturated carbocycles. The molecule has 1 aliphatic rings. The number of hydrogen-bond acceptors (Lipinski definition) is 5. The highest BCUT2D eigenvalue weighted by Crippen LogP contribution is 2.41. The highest BCUT2D eigenvalue weighted by molar-refractivity contribution is 6.75. The fourth-order valence-electron chi connectivity index (χ4n) is 4.93. The molecule has 39 heavy (non-hydrogen) atoms. The first-order valence-electron chi connectivity index (χ1n) is 15.5. The van der Waals surface area contributed by atoms with E-state index in [4.69, 9.17) is 18.0 Å². The Kier molecular flexibility index (Phi) is 13.7. The van der Waals surface area contributed by atoms with Crippen molar-refractivity contribution in [2.75, 3.05) is 6.61 Å². The number of hydrogen-bond donors (Lipinski definition) is 1. The first-order valence-corrected chi connectivity index (χ1v) is 23.8. The molecule has 1 saturated heterocycles. The lowest BCUT2D eigenvalue weighted by molar-refractivity contribution is -0.139. The second-order valence-electron chi connectivity index (χ2n) is 15.1. The minimum Gasteiger partial charge on any atom is -0.481 e. The maximum absolute atomic E-state index is 11.5. The largest absolute Gasteiger partial charge is 0.481 e. The summed E-state index contributed by atoms with van der Waals surface area (Å²) in [5, 5.41) is 9.76. The lowest BCUT2D eigenvalue weighted by Crippen LogP contribution is -2.48. The Balaban J connectivity index is 3.10. The smallest absolute Gasteiger partial charge is 0.303 e. The van der Waals surface area contributed by atoms with Crippen molar-refractivity contribution < 1.29 is 27.9 Å². The van der Waals surface area contributed by atoms with Crippen LogP contribution in [0.2, 0.25) is 54.4 Å². The van der Waals surface area contributed by atoms with Gasteiger partial charge in [0.2, 0.25) is 0 Å². The lowest BCUT2D eigenvalue weighted by Gasteiger charge is -2.41. The normalized spacial score (nSPS) is 23.2. The summed E-state index contributed by atoms with van der Waals surface area (Å²) in [4.78, 5) is 11.5. The molecule has 0 amide bonds. The first-order chi connectivity index (χ1) is 17.6. The molecule has 0 aromatic carbocycles. The van der Waals surface area contributed by atoms with Crippen LogP contribution < -0.4 is 0 Å². The SMILES string of the molecule is CC[Si](CC)(CC)O[C@H]1CC(CCC(CO[Si](C)(C)C(C)(C)C)O[Si](C)(C)C(C)(C)C)OC1[C@@H](C)CC(=O)O.